The topological polar surface area (TPSA) is 54.4 Å². The molecule has 0 heterocycles. The predicted molar refractivity (Wildman–Crippen MR) is 84.5 cm³/mol. The van der Waals surface area contributed by atoms with Gasteiger partial charge in [-0.2, -0.15) is 0 Å². The Hall–Kier alpha value is -2.47. The van der Waals surface area contributed by atoms with Gasteiger partial charge in [0.15, 0.2) is 5.78 Å². The molecule has 0 radical (unpaired) electrons. The Morgan fingerprint density at radius 2 is 1.83 bits per heavy atom. The van der Waals surface area contributed by atoms with E-state index in [0.717, 1.165) is 23.9 Å². The number of carbonyl (C=O) groups is 2. The van der Waals surface area contributed by atoms with Crippen molar-refractivity contribution in [2.75, 3.05) is 5.75 Å². The fourth-order valence-electron chi connectivity index (χ4n) is 1.78. The summed E-state index contributed by atoms with van der Waals surface area (Å²) in [6.07, 6.45) is 2.49. The maximum atomic E-state index is 13.8. The second kappa shape index (κ2) is 7.69. The zero-order valence-electron chi connectivity index (χ0n) is 11.8. The average Bonchev–Trinajstić information content (AvgIpc) is 2.52. The smallest absolute Gasteiger partial charge is 0.313 e. The van der Waals surface area contributed by atoms with E-state index < -0.39 is 23.4 Å². The largest absolute Gasteiger partial charge is 0.481 e. The van der Waals surface area contributed by atoms with Crippen molar-refractivity contribution in [2.24, 2.45) is 0 Å². The highest BCUT2D eigenvalue weighted by Gasteiger charge is 2.10. The predicted octanol–water partition coefficient (Wildman–Crippen LogP) is 4.04. The van der Waals surface area contributed by atoms with Gasteiger partial charge in [-0.3, -0.25) is 9.59 Å². The van der Waals surface area contributed by atoms with Crippen LogP contribution in [0.25, 0.3) is 6.08 Å². The van der Waals surface area contributed by atoms with Gasteiger partial charge >= 0.3 is 5.97 Å². The Labute approximate surface area is 135 Å². The Morgan fingerprint density at radius 3 is 2.48 bits per heavy atom. The van der Waals surface area contributed by atoms with Crippen LogP contribution in [0.1, 0.15) is 15.9 Å². The Kier molecular flexibility index (Phi) is 5.65. The van der Waals surface area contributed by atoms with Gasteiger partial charge in [0.1, 0.15) is 11.6 Å². The van der Waals surface area contributed by atoms with Crippen LogP contribution in [0, 0.1) is 11.6 Å². The van der Waals surface area contributed by atoms with Crippen LogP contribution < -0.4 is 0 Å². The van der Waals surface area contributed by atoms with Gasteiger partial charge in [0.25, 0.3) is 0 Å². The fourth-order valence-corrected chi connectivity index (χ4v) is 2.42. The minimum atomic E-state index is -1.05. The van der Waals surface area contributed by atoms with Crippen molar-refractivity contribution in [1.82, 2.24) is 0 Å². The molecule has 118 valence electrons. The molecule has 0 amide bonds. The third-order valence-electron chi connectivity index (χ3n) is 2.89. The van der Waals surface area contributed by atoms with E-state index >= 15 is 0 Å². The third kappa shape index (κ3) is 4.75. The Balaban J connectivity index is 2.12. The number of aliphatic carboxylic acids is 1. The van der Waals surface area contributed by atoms with Crippen molar-refractivity contribution in [1.29, 1.82) is 0 Å². The minimum absolute atomic E-state index is 0.106. The molecule has 0 bridgehead atoms. The number of ketones is 1. The minimum Gasteiger partial charge on any atom is -0.481 e. The van der Waals surface area contributed by atoms with Crippen molar-refractivity contribution >= 4 is 29.6 Å². The summed E-state index contributed by atoms with van der Waals surface area (Å²) in [5.74, 6) is -2.91. The number of thioether (sulfide) groups is 1. The number of allylic oxidation sites excluding steroid dienone is 1. The van der Waals surface area contributed by atoms with Crippen LogP contribution >= 0.6 is 11.8 Å². The highest BCUT2D eigenvalue weighted by atomic mass is 32.2. The summed E-state index contributed by atoms with van der Waals surface area (Å²) in [7, 11) is 0. The van der Waals surface area contributed by atoms with E-state index in [-0.39, 0.29) is 21.8 Å². The van der Waals surface area contributed by atoms with E-state index in [9.17, 15) is 18.4 Å². The Morgan fingerprint density at radius 1 is 1.09 bits per heavy atom. The lowest BCUT2D eigenvalue weighted by Crippen LogP contribution is -2.00. The van der Waals surface area contributed by atoms with Gasteiger partial charge in [-0.15, -0.1) is 11.8 Å². The first-order chi connectivity index (χ1) is 11.0. The molecule has 0 fully saturated rings. The molecule has 0 saturated carbocycles. The zero-order chi connectivity index (χ0) is 16.8. The van der Waals surface area contributed by atoms with Crippen LogP contribution in [-0.2, 0) is 4.79 Å². The molecule has 2 aromatic carbocycles. The van der Waals surface area contributed by atoms with Crippen LogP contribution in [0.4, 0.5) is 8.78 Å². The summed E-state index contributed by atoms with van der Waals surface area (Å²) in [4.78, 5) is 22.6. The quantitative estimate of drug-likeness (QED) is 0.492. The maximum absolute atomic E-state index is 13.8. The highest BCUT2D eigenvalue weighted by Crippen LogP contribution is 2.23. The van der Waals surface area contributed by atoms with Gasteiger partial charge in [0, 0.05) is 16.0 Å². The van der Waals surface area contributed by atoms with Gasteiger partial charge in [-0.25, -0.2) is 8.78 Å². The molecule has 0 spiro atoms. The van der Waals surface area contributed by atoms with Crippen molar-refractivity contribution < 1.29 is 23.5 Å². The first kappa shape index (κ1) is 16.9. The van der Waals surface area contributed by atoms with Crippen molar-refractivity contribution in [3.63, 3.8) is 0 Å². The molecule has 0 aliphatic carbocycles. The molecule has 2 aromatic rings. The van der Waals surface area contributed by atoms with Crippen LogP contribution in [0.2, 0.25) is 0 Å². The second-order valence-corrected chi connectivity index (χ2v) is 5.56. The molecule has 6 heteroatoms. The first-order valence-corrected chi connectivity index (χ1v) is 7.57. The molecule has 0 aliphatic rings. The summed E-state index contributed by atoms with van der Waals surface area (Å²) >= 11 is 0.834. The van der Waals surface area contributed by atoms with Crippen LogP contribution in [0.15, 0.2) is 53.4 Å². The van der Waals surface area contributed by atoms with E-state index in [1.54, 1.807) is 6.07 Å². The van der Waals surface area contributed by atoms with Gasteiger partial charge in [0.2, 0.25) is 0 Å². The SMILES string of the molecule is O=C(O)CSc1ccc(C(=O)/C=C/c2ccccc2F)cc1F. The van der Waals surface area contributed by atoms with Gasteiger partial charge in [0.05, 0.1) is 5.75 Å². The number of benzene rings is 2. The van der Waals surface area contributed by atoms with E-state index in [1.165, 1.54) is 36.4 Å². The normalized spacial score (nSPS) is 10.9. The summed E-state index contributed by atoms with van der Waals surface area (Å²) in [5.41, 5.74) is 0.365. The number of halogens is 2. The van der Waals surface area contributed by atoms with Gasteiger partial charge < -0.3 is 5.11 Å². The van der Waals surface area contributed by atoms with Gasteiger partial charge in [-0.1, -0.05) is 18.2 Å². The number of hydrogen-bond donors (Lipinski definition) is 1. The molecule has 0 aromatic heterocycles. The fraction of sp³-hybridized carbons (Fsp3) is 0.0588. The van der Waals surface area contributed by atoms with Crippen LogP contribution in [-0.4, -0.2) is 22.6 Å². The van der Waals surface area contributed by atoms with Crippen molar-refractivity contribution in [3.8, 4) is 0 Å². The number of carboxylic acid groups (broad SMARTS) is 1. The highest BCUT2D eigenvalue weighted by molar-refractivity contribution is 8.00. The zero-order valence-corrected chi connectivity index (χ0v) is 12.6. The summed E-state index contributed by atoms with van der Waals surface area (Å²) in [5, 5.41) is 8.57. The lowest BCUT2D eigenvalue weighted by Gasteiger charge is -2.03. The molecule has 0 aliphatic heterocycles. The summed E-state index contributed by atoms with van der Waals surface area (Å²) < 4.78 is 27.3. The number of hydrogen-bond acceptors (Lipinski definition) is 3. The lowest BCUT2D eigenvalue weighted by molar-refractivity contribution is -0.133. The third-order valence-corrected chi connectivity index (χ3v) is 3.92. The molecule has 0 saturated heterocycles. The van der Waals surface area contributed by atoms with Crippen LogP contribution in [0.5, 0.6) is 0 Å². The molecular formula is C17H12F2O3S. The van der Waals surface area contributed by atoms with Crippen molar-refractivity contribution in [2.45, 2.75) is 4.90 Å². The second-order valence-electron chi connectivity index (χ2n) is 4.55. The Bertz CT molecular complexity index is 772. The molecule has 2 rings (SSSR count). The molecule has 0 unspecified atom stereocenters. The lowest BCUT2D eigenvalue weighted by atomic mass is 10.1. The molecule has 23 heavy (non-hydrogen) atoms. The number of carbonyl (C=O) groups excluding carboxylic acids is 1. The molecular weight excluding hydrogens is 322 g/mol. The first-order valence-electron chi connectivity index (χ1n) is 6.58. The average molecular weight is 334 g/mol. The number of rotatable bonds is 6. The van der Waals surface area contributed by atoms with Gasteiger partial charge in [-0.05, 0) is 36.4 Å². The van der Waals surface area contributed by atoms with E-state index in [4.69, 9.17) is 5.11 Å². The monoisotopic (exact) mass is 334 g/mol. The maximum Gasteiger partial charge on any atom is 0.313 e. The van der Waals surface area contributed by atoms with Crippen molar-refractivity contribution in [3.05, 3.63) is 71.3 Å². The number of carboxylic acids is 1. The summed E-state index contributed by atoms with van der Waals surface area (Å²) in [6.45, 7) is 0. The molecule has 0 atom stereocenters. The molecule has 3 nitrogen and oxygen atoms in total. The van der Waals surface area contributed by atoms with E-state index in [1.807, 2.05) is 0 Å². The van der Waals surface area contributed by atoms with E-state index in [0.29, 0.717) is 0 Å². The van der Waals surface area contributed by atoms with E-state index in [2.05, 4.69) is 0 Å². The standard InChI is InChI=1S/C17H12F2O3S/c18-13-4-2-1-3-11(13)5-7-15(20)12-6-8-16(14(19)9-12)23-10-17(21)22/h1-9H,10H2,(H,21,22)/b7-5+. The van der Waals surface area contributed by atoms with Crippen LogP contribution in [0.3, 0.4) is 0 Å². The molecule has 1 N–H and O–H groups in total. The summed E-state index contributed by atoms with van der Waals surface area (Å²) in [6, 6.07) is 9.77.